The Morgan fingerprint density at radius 3 is 2.32 bits per heavy atom. The first-order chi connectivity index (χ1) is 11.8. The second kappa shape index (κ2) is 6.58. The Hall–Kier alpha value is -2.24. The molecule has 0 bridgehead atoms. The van der Waals surface area contributed by atoms with Crippen molar-refractivity contribution < 1.29 is 9.66 Å². The predicted octanol–water partition coefficient (Wildman–Crippen LogP) is 5.98. The van der Waals surface area contributed by atoms with E-state index in [1.807, 2.05) is 29.0 Å². The molecule has 25 heavy (non-hydrogen) atoms. The van der Waals surface area contributed by atoms with E-state index in [9.17, 15) is 10.1 Å². The largest absolute Gasteiger partial charge is 0.497 e. The summed E-state index contributed by atoms with van der Waals surface area (Å²) in [6, 6.07) is 8.37. The van der Waals surface area contributed by atoms with Gasteiger partial charge in [0.2, 0.25) is 0 Å². The predicted molar refractivity (Wildman–Crippen MR) is 101 cm³/mol. The van der Waals surface area contributed by atoms with Crippen LogP contribution in [-0.4, -0.2) is 16.6 Å². The molecule has 130 valence electrons. The van der Waals surface area contributed by atoms with E-state index in [4.69, 9.17) is 27.9 Å². The summed E-state index contributed by atoms with van der Waals surface area (Å²) in [5, 5.41) is 12.5. The number of hydrogen-bond acceptors (Lipinski definition) is 3. The van der Waals surface area contributed by atoms with Gasteiger partial charge in [-0.15, -0.1) is 0 Å². The zero-order chi connectivity index (χ0) is 18.3. The molecule has 3 rings (SSSR count). The van der Waals surface area contributed by atoms with Gasteiger partial charge in [0, 0.05) is 23.7 Å². The minimum absolute atomic E-state index is 0.138. The Bertz CT molecular complexity index is 957. The van der Waals surface area contributed by atoms with E-state index in [1.54, 1.807) is 7.11 Å². The first-order valence-corrected chi connectivity index (χ1v) is 8.42. The average Bonchev–Trinajstić information content (AvgIpc) is 2.92. The van der Waals surface area contributed by atoms with E-state index >= 15 is 0 Å². The Kier molecular flexibility index (Phi) is 4.62. The van der Waals surface area contributed by atoms with Gasteiger partial charge in [-0.1, -0.05) is 37.0 Å². The third-order valence-electron chi connectivity index (χ3n) is 4.12. The van der Waals surface area contributed by atoms with E-state index in [-0.39, 0.29) is 21.7 Å². The highest BCUT2D eigenvalue weighted by molar-refractivity contribution is 6.38. The van der Waals surface area contributed by atoms with Gasteiger partial charge in [-0.25, -0.2) is 0 Å². The molecule has 0 saturated carbocycles. The van der Waals surface area contributed by atoms with Gasteiger partial charge >= 0.3 is 0 Å². The van der Waals surface area contributed by atoms with Crippen molar-refractivity contribution in [2.75, 3.05) is 7.11 Å². The molecule has 0 unspecified atom stereocenters. The number of benzene rings is 2. The molecule has 0 aliphatic heterocycles. The lowest BCUT2D eigenvalue weighted by molar-refractivity contribution is -0.384. The van der Waals surface area contributed by atoms with Gasteiger partial charge < -0.3 is 9.30 Å². The summed E-state index contributed by atoms with van der Waals surface area (Å²) in [7, 11) is 1.62. The maximum Gasteiger partial charge on any atom is 0.272 e. The first-order valence-electron chi connectivity index (χ1n) is 7.66. The number of aromatic nitrogens is 1. The number of hydrogen-bond donors (Lipinski definition) is 0. The van der Waals surface area contributed by atoms with Crippen LogP contribution >= 0.6 is 23.2 Å². The fourth-order valence-electron chi connectivity index (χ4n) is 2.89. The lowest BCUT2D eigenvalue weighted by atomic mass is 10.0. The summed E-state index contributed by atoms with van der Waals surface area (Å²) in [5.74, 6) is 1.03. The fraction of sp³-hybridized carbons (Fsp3) is 0.222. The van der Waals surface area contributed by atoms with E-state index in [0.29, 0.717) is 5.69 Å². The molecule has 3 aromatic rings. The number of methoxy groups -OCH3 is 1. The van der Waals surface area contributed by atoms with Gasteiger partial charge in [-0.05, 0) is 29.7 Å². The monoisotopic (exact) mass is 378 g/mol. The zero-order valence-electron chi connectivity index (χ0n) is 13.9. The minimum atomic E-state index is -0.514. The van der Waals surface area contributed by atoms with Crippen molar-refractivity contribution in [1.29, 1.82) is 0 Å². The van der Waals surface area contributed by atoms with Crippen LogP contribution in [0.25, 0.3) is 16.6 Å². The molecule has 0 N–H and O–H groups in total. The molecule has 1 aromatic heterocycles. The van der Waals surface area contributed by atoms with Crippen molar-refractivity contribution in [3.05, 3.63) is 62.3 Å². The number of halogens is 2. The molecule has 2 aromatic carbocycles. The molecule has 0 aliphatic rings. The Balaban J connectivity index is 2.31. The highest BCUT2D eigenvalue weighted by atomic mass is 35.5. The molecular weight excluding hydrogens is 363 g/mol. The second-order valence-corrected chi connectivity index (χ2v) is 6.82. The summed E-state index contributed by atoms with van der Waals surface area (Å²) in [6.45, 7) is 4.19. The number of nitrogens with zero attached hydrogens (tertiary/aromatic N) is 2. The molecule has 7 heteroatoms. The van der Waals surface area contributed by atoms with Crippen LogP contribution in [0.4, 0.5) is 5.69 Å². The average molecular weight is 379 g/mol. The van der Waals surface area contributed by atoms with Gasteiger partial charge in [-0.3, -0.25) is 10.1 Å². The third kappa shape index (κ3) is 3.05. The van der Waals surface area contributed by atoms with Crippen molar-refractivity contribution in [2.24, 2.45) is 0 Å². The number of rotatable bonds is 4. The number of nitro groups is 1. The number of fused-ring (bicyclic) bond motifs is 1. The van der Waals surface area contributed by atoms with Crippen LogP contribution in [0.2, 0.25) is 10.0 Å². The smallest absolute Gasteiger partial charge is 0.272 e. The summed E-state index contributed by atoms with van der Waals surface area (Å²) in [5.41, 5.74) is 2.40. The SMILES string of the molecule is COc1ccc2c(c1)c(C(C)C)cn2-c1c(Cl)cc([N+](=O)[O-])cc1Cl. The Labute approximate surface area is 154 Å². The van der Waals surface area contributed by atoms with Crippen LogP contribution < -0.4 is 4.74 Å². The molecule has 5 nitrogen and oxygen atoms in total. The second-order valence-electron chi connectivity index (χ2n) is 6.01. The topological polar surface area (TPSA) is 57.3 Å². The van der Waals surface area contributed by atoms with E-state index < -0.39 is 4.92 Å². The normalized spacial score (nSPS) is 11.3. The molecule has 0 spiro atoms. The van der Waals surface area contributed by atoms with Gasteiger partial charge in [0.25, 0.3) is 5.69 Å². The summed E-state index contributed by atoms with van der Waals surface area (Å²) in [4.78, 5) is 10.5. The van der Waals surface area contributed by atoms with Crippen molar-refractivity contribution in [3.8, 4) is 11.4 Å². The van der Waals surface area contributed by atoms with E-state index in [2.05, 4.69) is 13.8 Å². The standard InChI is InChI=1S/C18H16Cl2N2O3/c1-10(2)14-9-21(17-5-4-12(25-3)8-13(14)17)18-15(19)6-11(22(23)24)7-16(18)20/h4-10H,1-3H3. The van der Waals surface area contributed by atoms with Gasteiger partial charge in [0.15, 0.2) is 0 Å². The molecule has 1 heterocycles. The molecule has 0 saturated heterocycles. The first kappa shape index (κ1) is 17.6. The van der Waals surface area contributed by atoms with E-state index in [1.165, 1.54) is 12.1 Å². The highest BCUT2D eigenvalue weighted by Crippen LogP contribution is 2.38. The van der Waals surface area contributed by atoms with Crippen LogP contribution in [0.1, 0.15) is 25.3 Å². The lowest BCUT2D eigenvalue weighted by Crippen LogP contribution is -1.97. The molecular formula is C18H16Cl2N2O3. The summed E-state index contributed by atoms with van der Waals surface area (Å²) >= 11 is 12.7. The maximum absolute atomic E-state index is 11.0. The number of nitro benzene ring substituents is 1. The van der Waals surface area contributed by atoms with Gasteiger partial charge in [-0.2, -0.15) is 0 Å². The molecule has 0 aliphatic carbocycles. The van der Waals surface area contributed by atoms with Crippen molar-refractivity contribution in [3.63, 3.8) is 0 Å². The Morgan fingerprint density at radius 1 is 1.16 bits per heavy atom. The van der Waals surface area contributed by atoms with Crippen LogP contribution in [0, 0.1) is 10.1 Å². The van der Waals surface area contributed by atoms with Crippen molar-refractivity contribution in [2.45, 2.75) is 19.8 Å². The highest BCUT2D eigenvalue weighted by Gasteiger charge is 2.20. The quantitative estimate of drug-likeness (QED) is 0.414. The van der Waals surface area contributed by atoms with Gasteiger partial charge in [0.1, 0.15) is 5.75 Å². The van der Waals surface area contributed by atoms with Crippen LogP contribution in [0.15, 0.2) is 36.5 Å². The number of ether oxygens (including phenoxy) is 1. The van der Waals surface area contributed by atoms with E-state index in [0.717, 1.165) is 22.2 Å². The fourth-order valence-corrected chi connectivity index (χ4v) is 3.55. The third-order valence-corrected chi connectivity index (χ3v) is 4.69. The summed E-state index contributed by atoms with van der Waals surface area (Å²) < 4.78 is 7.20. The van der Waals surface area contributed by atoms with Gasteiger partial charge in [0.05, 0.1) is 33.3 Å². The van der Waals surface area contributed by atoms with Crippen LogP contribution in [-0.2, 0) is 0 Å². The van der Waals surface area contributed by atoms with Crippen LogP contribution in [0.3, 0.4) is 0 Å². The minimum Gasteiger partial charge on any atom is -0.497 e. The van der Waals surface area contributed by atoms with Crippen molar-refractivity contribution in [1.82, 2.24) is 4.57 Å². The molecule has 0 amide bonds. The maximum atomic E-state index is 11.0. The molecule has 0 atom stereocenters. The number of non-ortho nitro benzene ring substituents is 1. The molecule has 0 radical (unpaired) electrons. The zero-order valence-corrected chi connectivity index (χ0v) is 15.4. The lowest BCUT2D eigenvalue weighted by Gasteiger charge is -2.10. The van der Waals surface area contributed by atoms with Crippen molar-refractivity contribution >= 4 is 39.8 Å². The van der Waals surface area contributed by atoms with Crippen LogP contribution in [0.5, 0.6) is 5.75 Å². The molecule has 0 fully saturated rings. The summed E-state index contributed by atoms with van der Waals surface area (Å²) in [6.07, 6.45) is 1.97. The Morgan fingerprint density at radius 2 is 1.80 bits per heavy atom.